The fourth-order valence-electron chi connectivity index (χ4n) is 1.87. The molecule has 0 spiro atoms. The predicted octanol–water partition coefficient (Wildman–Crippen LogP) is 2.73. The lowest BCUT2D eigenvalue weighted by Crippen LogP contribution is -2.49. The Bertz CT molecular complexity index is 943. The van der Waals surface area contributed by atoms with Crippen molar-refractivity contribution in [2.24, 2.45) is 0 Å². The van der Waals surface area contributed by atoms with Crippen molar-refractivity contribution in [3.63, 3.8) is 0 Å². The molecule has 28 heavy (non-hydrogen) atoms. The van der Waals surface area contributed by atoms with Gasteiger partial charge in [-0.25, -0.2) is 0 Å². The summed E-state index contributed by atoms with van der Waals surface area (Å²) in [7, 11) is 0. The van der Waals surface area contributed by atoms with Gasteiger partial charge < -0.3 is 4.74 Å². The molecule has 0 aliphatic rings. The number of nitro benzene ring substituents is 1. The summed E-state index contributed by atoms with van der Waals surface area (Å²) in [5, 5.41) is 13.3. The smallest absolute Gasteiger partial charge is 0.276 e. The van der Waals surface area contributed by atoms with Crippen LogP contribution in [-0.2, 0) is 4.79 Å². The van der Waals surface area contributed by atoms with Gasteiger partial charge in [-0.2, -0.15) is 0 Å². The minimum atomic E-state index is -0.670. The van der Waals surface area contributed by atoms with Gasteiger partial charge in [-0.3, -0.25) is 35.9 Å². The Morgan fingerprint density at radius 3 is 2.64 bits per heavy atom. The number of carbonyl (C=O) groups excluding carboxylic acids is 2. The number of benzene rings is 2. The first-order chi connectivity index (χ1) is 13.3. The highest BCUT2D eigenvalue weighted by Crippen LogP contribution is 2.27. The maximum absolute atomic E-state index is 12.0. The van der Waals surface area contributed by atoms with Crippen LogP contribution in [0.4, 0.5) is 5.69 Å². The molecule has 146 valence electrons. The molecule has 12 heteroatoms. The maximum Gasteiger partial charge on any atom is 0.276 e. The van der Waals surface area contributed by atoms with Crippen LogP contribution in [0.5, 0.6) is 5.75 Å². The molecule has 0 aromatic heterocycles. The Labute approximate surface area is 177 Å². The van der Waals surface area contributed by atoms with Crippen LogP contribution in [0.15, 0.2) is 46.9 Å². The predicted molar refractivity (Wildman–Crippen MR) is 109 cm³/mol. The molecule has 0 aliphatic heterocycles. The highest BCUT2D eigenvalue weighted by atomic mass is 79.9. The highest BCUT2D eigenvalue weighted by molar-refractivity contribution is 9.10. The molecule has 0 radical (unpaired) electrons. The third kappa shape index (κ3) is 6.44. The SMILES string of the molecule is O=C(COc1ccc(Cl)cc1Br)NNC(=S)NC(=O)c1cccc([N+](=O)[O-])c1. The Kier molecular flexibility index (Phi) is 7.67. The standard InChI is InChI=1S/C16H12BrClN4O5S/c17-12-7-10(18)4-5-13(12)27-8-14(23)20-21-16(28)19-15(24)9-2-1-3-11(6-9)22(25)26/h1-7H,8H2,(H,20,23)(H2,19,21,24,28). The molecule has 0 aliphatic carbocycles. The minimum Gasteiger partial charge on any atom is -0.483 e. The van der Waals surface area contributed by atoms with Crippen LogP contribution in [0.2, 0.25) is 5.02 Å². The summed E-state index contributed by atoms with van der Waals surface area (Å²) in [4.78, 5) is 33.9. The van der Waals surface area contributed by atoms with Crippen LogP contribution in [0.1, 0.15) is 10.4 Å². The number of carbonyl (C=O) groups is 2. The van der Waals surface area contributed by atoms with E-state index in [2.05, 4.69) is 32.1 Å². The molecule has 0 fully saturated rings. The third-order valence-electron chi connectivity index (χ3n) is 3.11. The van der Waals surface area contributed by atoms with E-state index in [0.29, 0.717) is 15.2 Å². The van der Waals surface area contributed by atoms with E-state index in [1.54, 1.807) is 18.2 Å². The number of hydrogen-bond acceptors (Lipinski definition) is 6. The van der Waals surface area contributed by atoms with Crippen molar-refractivity contribution in [1.29, 1.82) is 0 Å². The van der Waals surface area contributed by atoms with E-state index in [-0.39, 0.29) is 23.0 Å². The monoisotopic (exact) mass is 486 g/mol. The van der Waals surface area contributed by atoms with Crippen molar-refractivity contribution in [2.45, 2.75) is 0 Å². The van der Waals surface area contributed by atoms with Gasteiger partial charge in [-0.05, 0) is 52.4 Å². The van der Waals surface area contributed by atoms with Gasteiger partial charge in [-0.1, -0.05) is 17.7 Å². The summed E-state index contributed by atoms with van der Waals surface area (Å²) in [6.07, 6.45) is 0. The fraction of sp³-hybridized carbons (Fsp3) is 0.0625. The second-order valence-electron chi connectivity index (χ2n) is 5.13. The summed E-state index contributed by atoms with van der Waals surface area (Å²) in [5.74, 6) is -0.813. The Morgan fingerprint density at radius 2 is 1.96 bits per heavy atom. The van der Waals surface area contributed by atoms with E-state index in [1.807, 2.05) is 0 Å². The first-order valence-corrected chi connectivity index (χ1v) is 9.06. The summed E-state index contributed by atoms with van der Waals surface area (Å²) in [6.45, 7) is -0.325. The number of halogens is 2. The Hall–Kier alpha value is -2.76. The zero-order valence-corrected chi connectivity index (χ0v) is 17.1. The lowest BCUT2D eigenvalue weighted by atomic mass is 10.2. The molecule has 0 saturated heterocycles. The summed E-state index contributed by atoms with van der Waals surface area (Å²) in [6, 6.07) is 9.94. The Balaban J connectivity index is 1.80. The summed E-state index contributed by atoms with van der Waals surface area (Å²) < 4.78 is 5.90. The van der Waals surface area contributed by atoms with E-state index in [0.717, 1.165) is 6.07 Å². The number of nitrogens with zero attached hydrogens (tertiary/aromatic N) is 1. The molecule has 0 heterocycles. The fourth-order valence-corrected chi connectivity index (χ4v) is 2.81. The van der Waals surface area contributed by atoms with Crippen LogP contribution >= 0.6 is 39.7 Å². The average molecular weight is 488 g/mol. The molecule has 2 aromatic rings. The zero-order chi connectivity index (χ0) is 20.7. The van der Waals surface area contributed by atoms with Crippen molar-refractivity contribution < 1.29 is 19.2 Å². The summed E-state index contributed by atoms with van der Waals surface area (Å²) >= 11 is 14.0. The molecule has 0 bridgehead atoms. The number of nitrogens with one attached hydrogen (secondary N) is 3. The number of hydrogen-bond donors (Lipinski definition) is 3. The van der Waals surface area contributed by atoms with Gasteiger partial charge in [0.2, 0.25) is 0 Å². The van der Waals surface area contributed by atoms with Crippen LogP contribution in [0, 0.1) is 10.1 Å². The van der Waals surface area contributed by atoms with E-state index in [9.17, 15) is 19.7 Å². The molecular weight excluding hydrogens is 476 g/mol. The normalized spacial score (nSPS) is 9.93. The molecule has 0 saturated carbocycles. The number of amides is 2. The van der Waals surface area contributed by atoms with E-state index in [1.165, 1.54) is 18.2 Å². The van der Waals surface area contributed by atoms with Gasteiger partial charge in [-0.15, -0.1) is 0 Å². The number of rotatable bonds is 5. The second kappa shape index (κ2) is 9.97. The third-order valence-corrected chi connectivity index (χ3v) is 4.17. The number of thiocarbonyl (C=S) groups is 1. The molecule has 2 amide bonds. The van der Waals surface area contributed by atoms with Gasteiger partial charge >= 0.3 is 0 Å². The van der Waals surface area contributed by atoms with Crippen molar-refractivity contribution >= 4 is 62.4 Å². The average Bonchev–Trinajstić information content (AvgIpc) is 2.65. The molecule has 0 atom stereocenters. The number of nitro groups is 1. The minimum absolute atomic E-state index is 0.0422. The van der Waals surface area contributed by atoms with Gasteiger partial charge in [0, 0.05) is 22.7 Å². The lowest BCUT2D eigenvalue weighted by molar-refractivity contribution is -0.384. The topological polar surface area (TPSA) is 123 Å². The van der Waals surface area contributed by atoms with Gasteiger partial charge in [0.25, 0.3) is 17.5 Å². The number of hydrazine groups is 1. The molecular formula is C16H12BrClN4O5S. The molecule has 0 unspecified atom stereocenters. The lowest BCUT2D eigenvalue weighted by Gasteiger charge is -2.12. The summed E-state index contributed by atoms with van der Waals surface area (Å²) in [5.41, 5.74) is 4.40. The molecule has 2 aromatic carbocycles. The van der Waals surface area contributed by atoms with Crippen LogP contribution < -0.4 is 20.9 Å². The van der Waals surface area contributed by atoms with Gasteiger partial charge in [0.1, 0.15) is 5.75 Å². The largest absolute Gasteiger partial charge is 0.483 e. The van der Waals surface area contributed by atoms with Crippen molar-refractivity contribution in [3.05, 3.63) is 67.6 Å². The highest BCUT2D eigenvalue weighted by Gasteiger charge is 2.13. The number of ether oxygens (including phenoxy) is 1. The van der Waals surface area contributed by atoms with E-state index < -0.39 is 16.7 Å². The molecule has 9 nitrogen and oxygen atoms in total. The number of non-ortho nitro benzene ring substituents is 1. The van der Waals surface area contributed by atoms with Crippen LogP contribution in [-0.4, -0.2) is 28.5 Å². The second-order valence-corrected chi connectivity index (χ2v) is 6.83. The van der Waals surface area contributed by atoms with E-state index in [4.69, 9.17) is 28.6 Å². The van der Waals surface area contributed by atoms with Gasteiger partial charge in [0.05, 0.1) is 9.40 Å². The van der Waals surface area contributed by atoms with Gasteiger partial charge in [0.15, 0.2) is 11.7 Å². The molecule has 3 N–H and O–H groups in total. The van der Waals surface area contributed by atoms with Crippen LogP contribution in [0.3, 0.4) is 0 Å². The van der Waals surface area contributed by atoms with Crippen LogP contribution in [0.25, 0.3) is 0 Å². The van der Waals surface area contributed by atoms with Crippen molar-refractivity contribution in [2.75, 3.05) is 6.61 Å². The van der Waals surface area contributed by atoms with E-state index >= 15 is 0 Å². The van der Waals surface area contributed by atoms with Crippen molar-refractivity contribution in [1.82, 2.24) is 16.2 Å². The first-order valence-electron chi connectivity index (χ1n) is 7.48. The van der Waals surface area contributed by atoms with Crippen molar-refractivity contribution in [3.8, 4) is 5.75 Å². The molecule has 2 rings (SSSR count). The maximum atomic E-state index is 12.0. The zero-order valence-electron chi connectivity index (χ0n) is 13.9. The quantitative estimate of drug-likeness (QED) is 0.337. The Morgan fingerprint density at radius 1 is 1.21 bits per heavy atom. The first kappa shape index (κ1) is 21.5.